The van der Waals surface area contributed by atoms with Gasteiger partial charge in [0.25, 0.3) is 0 Å². The highest BCUT2D eigenvalue weighted by atomic mass is 35.5. The molecule has 0 unspecified atom stereocenters. The van der Waals surface area contributed by atoms with Gasteiger partial charge in [-0.25, -0.2) is 4.98 Å². The lowest BCUT2D eigenvalue weighted by atomic mass is 10.3. The fourth-order valence-corrected chi connectivity index (χ4v) is 1.77. The molecular weight excluding hydrogens is 276 g/mol. The molecule has 0 saturated heterocycles. The van der Waals surface area contributed by atoms with Crippen LogP contribution in [-0.2, 0) is 0 Å². The lowest BCUT2D eigenvalue weighted by Crippen LogP contribution is -2.26. The Morgan fingerprint density at radius 1 is 0.950 bits per heavy atom. The third-order valence-corrected chi connectivity index (χ3v) is 2.85. The minimum atomic E-state index is 0.563. The van der Waals surface area contributed by atoms with Gasteiger partial charge in [0.2, 0.25) is 5.88 Å². The van der Waals surface area contributed by atoms with Gasteiger partial charge in [-0.1, -0.05) is 29.8 Å². The van der Waals surface area contributed by atoms with Crippen molar-refractivity contribution in [2.75, 3.05) is 26.3 Å². The fraction of sp³-hybridized carbons (Fsp3) is 0.267. The standard InChI is InChI=1S/C15H17ClN2O2/c16-13-5-1-2-6-14(13)19-11-9-17-10-12-20-15-7-3-4-8-18-15/h1-8,17H,9-12H2. The molecule has 2 aromatic rings. The predicted octanol–water partition coefficient (Wildman–Crippen LogP) is 2.78. The zero-order valence-electron chi connectivity index (χ0n) is 11.1. The Morgan fingerprint density at radius 3 is 2.45 bits per heavy atom. The Bertz CT molecular complexity index is 508. The van der Waals surface area contributed by atoms with Gasteiger partial charge in [0.1, 0.15) is 19.0 Å². The van der Waals surface area contributed by atoms with E-state index in [4.69, 9.17) is 21.1 Å². The highest BCUT2D eigenvalue weighted by Gasteiger charge is 1.98. The van der Waals surface area contributed by atoms with Crippen LogP contribution in [0.15, 0.2) is 48.7 Å². The molecule has 0 aliphatic heterocycles. The van der Waals surface area contributed by atoms with Crippen molar-refractivity contribution in [3.8, 4) is 11.6 Å². The summed E-state index contributed by atoms with van der Waals surface area (Å²) in [6.45, 7) is 2.61. The molecule has 5 heteroatoms. The zero-order chi connectivity index (χ0) is 14.0. The Hall–Kier alpha value is -1.78. The maximum Gasteiger partial charge on any atom is 0.213 e. The molecule has 2 rings (SSSR count). The Kier molecular flexibility index (Phi) is 6.14. The number of hydrogen-bond donors (Lipinski definition) is 1. The van der Waals surface area contributed by atoms with E-state index in [9.17, 15) is 0 Å². The average molecular weight is 293 g/mol. The quantitative estimate of drug-likeness (QED) is 0.760. The summed E-state index contributed by atoms with van der Waals surface area (Å²) in [6, 6.07) is 13.0. The summed E-state index contributed by atoms with van der Waals surface area (Å²) in [5, 5.41) is 3.86. The van der Waals surface area contributed by atoms with Gasteiger partial charge in [-0.3, -0.25) is 0 Å². The van der Waals surface area contributed by atoms with Crippen molar-refractivity contribution >= 4 is 11.6 Å². The van der Waals surface area contributed by atoms with E-state index in [1.165, 1.54) is 0 Å². The molecule has 0 fully saturated rings. The lowest BCUT2D eigenvalue weighted by Gasteiger charge is -2.09. The molecule has 20 heavy (non-hydrogen) atoms. The number of aromatic nitrogens is 1. The largest absolute Gasteiger partial charge is 0.491 e. The van der Waals surface area contributed by atoms with E-state index < -0.39 is 0 Å². The molecule has 1 aromatic carbocycles. The average Bonchev–Trinajstić information content (AvgIpc) is 2.49. The molecule has 0 spiro atoms. The van der Waals surface area contributed by atoms with Crippen LogP contribution in [0.3, 0.4) is 0 Å². The smallest absolute Gasteiger partial charge is 0.213 e. The maximum absolute atomic E-state index is 5.98. The van der Waals surface area contributed by atoms with Gasteiger partial charge < -0.3 is 14.8 Å². The van der Waals surface area contributed by atoms with E-state index in [2.05, 4.69) is 10.3 Å². The van der Waals surface area contributed by atoms with Crippen LogP contribution < -0.4 is 14.8 Å². The van der Waals surface area contributed by atoms with Crippen LogP contribution in [0.25, 0.3) is 0 Å². The summed E-state index contributed by atoms with van der Waals surface area (Å²) in [6.07, 6.45) is 1.71. The van der Waals surface area contributed by atoms with Crippen molar-refractivity contribution in [2.45, 2.75) is 0 Å². The highest BCUT2D eigenvalue weighted by Crippen LogP contribution is 2.22. The van der Waals surface area contributed by atoms with E-state index >= 15 is 0 Å². The molecule has 0 bridgehead atoms. The van der Waals surface area contributed by atoms with Gasteiger partial charge in [-0.2, -0.15) is 0 Å². The van der Waals surface area contributed by atoms with Gasteiger partial charge in [0.05, 0.1) is 5.02 Å². The first-order valence-electron chi connectivity index (χ1n) is 6.48. The predicted molar refractivity (Wildman–Crippen MR) is 79.5 cm³/mol. The summed E-state index contributed by atoms with van der Waals surface area (Å²) in [5.74, 6) is 1.35. The summed E-state index contributed by atoms with van der Waals surface area (Å²) in [5.41, 5.74) is 0. The second kappa shape index (κ2) is 8.40. The normalized spacial score (nSPS) is 10.2. The molecule has 0 radical (unpaired) electrons. The number of pyridine rings is 1. The van der Waals surface area contributed by atoms with Crippen LogP contribution in [0, 0.1) is 0 Å². The Labute approximate surface area is 123 Å². The van der Waals surface area contributed by atoms with E-state index in [0.29, 0.717) is 29.9 Å². The number of benzene rings is 1. The zero-order valence-corrected chi connectivity index (χ0v) is 11.8. The maximum atomic E-state index is 5.98. The second-order valence-electron chi connectivity index (χ2n) is 4.05. The molecule has 106 valence electrons. The number of halogens is 1. The number of nitrogens with zero attached hydrogens (tertiary/aromatic N) is 1. The van der Waals surface area contributed by atoms with Gasteiger partial charge in [-0.15, -0.1) is 0 Å². The van der Waals surface area contributed by atoms with Crippen LogP contribution in [-0.4, -0.2) is 31.3 Å². The molecule has 4 nitrogen and oxygen atoms in total. The minimum Gasteiger partial charge on any atom is -0.491 e. The summed E-state index contributed by atoms with van der Waals surface area (Å²) < 4.78 is 11.0. The number of nitrogens with one attached hydrogen (secondary N) is 1. The third-order valence-electron chi connectivity index (χ3n) is 2.54. The number of ether oxygens (including phenoxy) is 2. The van der Waals surface area contributed by atoms with Crippen LogP contribution in [0.2, 0.25) is 5.02 Å². The molecule has 0 aliphatic carbocycles. The van der Waals surface area contributed by atoms with Crippen molar-refractivity contribution in [2.24, 2.45) is 0 Å². The molecule has 1 aromatic heterocycles. The van der Waals surface area contributed by atoms with Crippen LogP contribution >= 0.6 is 11.6 Å². The minimum absolute atomic E-state index is 0.563. The Morgan fingerprint density at radius 2 is 1.70 bits per heavy atom. The Balaban J connectivity index is 1.53. The van der Waals surface area contributed by atoms with E-state index in [0.717, 1.165) is 13.1 Å². The molecule has 0 saturated carbocycles. The van der Waals surface area contributed by atoms with E-state index in [1.807, 2.05) is 42.5 Å². The number of hydrogen-bond acceptors (Lipinski definition) is 4. The van der Waals surface area contributed by atoms with E-state index in [-0.39, 0.29) is 0 Å². The van der Waals surface area contributed by atoms with Gasteiger partial charge >= 0.3 is 0 Å². The molecule has 1 N–H and O–H groups in total. The van der Waals surface area contributed by atoms with Gasteiger partial charge in [0, 0.05) is 25.4 Å². The van der Waals surface area contributed by atoms with Crippen LogP contribution in [0.1, 0.15) is 0 Å². The third kappa shape index (κ3) is 5.07. The summed E-state index contributed by atoms with van der Waals surface area (Å²) in [7, 11) is 0. The number of rotatable bonds is 8. The van der Waals surface area contributed by atoms with Crippen molar-refractivity contribution in [3.63, 3.8) is 0 Å². The molecule has 0 amide bonds. The van der Waals surface area contributed by atoms with Crippen molar-refractivity contribution in [1.29, 1.82) is 0 Å². The SMILES string of the molecule is Clc1ccccc1OCCNCCOc1ccccn1. The van der Waals surface area contributed by atoms with E-state index in [1.54, 1.807) is 6.20 Å². The second-order valence-corrected chi connectivity index (χ2v) is 4.45. The van der Waals surface area contributed by atoms with Gasteiger partial charge in [-0.05, 0) is 18.2 Å². The lowest BCUT2D eigenvalue weighted by molar-refractivity contribution is 0.283. The van der Waals surface area contributed by atoms with Crippen molar-refractivity contribution < 1.29 is 9.47 Å². The first-order chi connectivity index (χ1) is 9.86. The number of para-hydroxylation sites is 1. The summed E-state index contributed by atoms with van der Waals surface area (Å²) in [4.78, 5) is 4.07. The van der Waals surface area contributed by atoms with Crippen LogP contribution in [0.5, 0.6) is 11.6 Å². The molecule has 0 atom stereocenters. The topological polar surface area (TPSA) is 43.4 Å². The molecular formula is C15H17ClN2O2. The monoisotopic (exact) mass is 292 g/mol. The fourth-order valence-electron chi connectivity index (χ4n) is 1.58. The first-order valence-corrected chi connectivity index (χ1v) is 6.86. The molecule has 1 heterocycles. The first kappa shape index (κ1) is 14.6. The van der Waals surface area contributed by atoms with Crippen molar-refractivity contribution in [1.82, 2.24) is 10.3 Å². The highest BCUT2D eigenvalue weighted by molar-refractivity contribution is 6.32. The van der Waals surface area contributed by atoms with Gasteiger partial charge in [0.15, 0.2) is 0 Å². The summed E-state index contributed by atoms with van der Waals surface area (Å²) >= 11 is 5.98. The van der Waals surface area contributed by atoms with Crippen LogP contribution in [0.4, 0.5) is 0 Å². The molecule has 0 aliphatic rings. The van der Waals surface area contributed by atoms with Crippen molar-refractivity contribution in [3.05, 3.63) is 53.7 Å².